The zero-order valence-electron chi connectivity index (χ0n) is 9.20. The van der Waals surface area contributed by atoms with Gasteiger partial charge in [0.25, 0.3) is 0 Å². The van der Waals surface area contributed by atoms with Crippen molar-refractivity contribution in [2.24, 2.45) is 0 Å². The van der Waals surface area contributed by atoms with Crippen LogP contribution in [0.5, 0.6) is 0 Å². The Morgan fingerprint density at radius 1 is 1.24 bits per heavy atom. The van der Waals surface area contributed by atoms with Crippen molar-refractivity contribution in [1.82, 2.24) is 5.32 Å². The van der Waals surface area contributed by atoms with Crippen LogP contribution in [0.4, 0.5) is 0 Å². The Morgan fingerprint density at radius 2 is 1.76 bits per heavy atom. The molecule has 1 unspecified atom stereocenters. The summed E-state index contributed by atoms with van der Waals surface area (Å²) in [5.41, 5.74) is 0. The second-order valence-electron chi connectivity index (χ2n) is 3.46. The molecule has 1 saturated heterocycles. The lowest BCUT2D eigenvalue weighted by atomic mass is 9.97. The number of carbonyl (C=O) groups excluding carboxylic acids is 1. The van der Waals surface area contributed by atoms with Crippen LogP contribution in [-0.4, -0.2) is 74.5 Å². The first-order chi connectivity index (χ1) is 6.97. The molecule has 1 heterocycles. The second kappa shape index (κ2) is 7.50. The third-order valence-corrected chi connectivity index (χ3v) is 2.27. The maximum atomic E-state index is 10.7. The molecule has 9 heteroatoms. The molecule has 1 fully saturated rings. The summed E-state index contributed by atoms with van der Waals surface area (Å²) in [6, 6.07) is -1.10. The summed E-state index contributed by atoms with van der Waals surface area (Å²) in [6.45, 7) is 0.687. The standard InChI is InChI=1S/C8H15NO6.2H2O/c1-3(11)9-5-7(13)6(12)4(2-10)15-8(5)14;;/h4-8,10,12-14H,2H2,1H3,(H,9,11);2*1H2/t4-,5-,6-,7-,8?;;/m1../s1. The second-order valence-corrected chi connectivity index (χ2v) is 3.46. The Bertz CT molecular complexity index is 238. The van der Waals surface area contributed by atoms with E-state index in [1.165, 1.54) is 6.92 Å². The summed E-state index contributed by atoms with van der Waals surface area (Å²) in [5.74, 6) is -0.462. The van der Waals surface area contributed by atoms with E-state index in [0.717, 1.165) is 0 Å². The lowest BCUT2D eigenvalue weighted by Gasteiger charge is -2.40. The highest BCUT2D eigenvalue weighted by atomic mass is 16.6. The fourth-order valence-electron chi connectivity index (χ4n) is 1.49. The van der Waals surface area contributed by atoms with E-state index in [1.54, 1.807) is 0 Å². The highest BCUT2D eigenvalue weighted by Gasteiger charge is 2.43. The van der Waals surface area contributed by atoms with Crippen molar-refractivity contribution < 1.29 is 40.9 Å². The molecule has 17 heavy (non-hydrogen) atoms. The Hall–Kier alpha value is -0.810. The highest BCUT2D eigenvalue weighted by Crippen LogP contribution is 2.19. The van der Waals surface area contributed by atoms with Crippen molar-refractivity contribution >= 4 is 5.91 Å². The van der Waals surface area contributed by atoms with Gasteiger partial charge >= 0.3 is 0 Å². The van der Waals surface area contributed by atoms with Gasteiger partial charge in [-0.15, -0.1) is 0 Å². The number of aliphatic hydroxyl groups excluding tert-OH is 4. The van der Waals surface area contributed by atoms with E-state index >= 15 is 0 Å². The minimum absolute atomic E-state index is 0. The predicted molar refractivity (Wildman–Crippen MR) is 54.8 cm³/mol. The summed E-state index contributed by atoms with van der Waals surface area (Å²) in [7, 11) is 0. The molecule has 0 radical (unpaired) electrons. The van der Waals surface area contributed by atoms with Gasteiger partial charge in [-0.2, -0.15) is 0 Å². The van der Waals surface area contributed by atoms with Crippen LogP contribution in [0.3, 0.4) is 0 Å². The maximum absolute atomic E-state index is 10.7. The number of hydrogen-bond acceptors (Lipinski definition) is 6. The van der Waals surface area contributed by atoms with Gasteiger partial charge in [-0.1, -0.05) is 0 Å². The van der Waals surface area contributed by atoms with Gasteiger partial charge < -0.3 is 41.4 Å². The third kappa shape index (κ3) is 4.16. The Morgan fingerprint density at radius 3 is 2.18 bits per heavy atom. The predicted octanol–water partition coefficient (Wildman–Crippen LogP) is -4.73. The highest BCUT2D eigenvalue weighted by molar-refractivity contribution is 5.73. The van der Waals surface area contributed by atoms with Crippen LogP contribution in [0.1, 0.15) is 6.92 Å². The van der Waals surface area contributed by atoms with Crippen molar-refractivity contribution in [2.75, 3.05) is 6.61 Å². The number of amides is 1. The van der Waals surface area contributed by atoms with E-state index in [9.17, 15) is 20.1 Å². The van der Waals surface area contributed by atoms with Crippen LogP contribution in [0.2, 0.25) is 0 Å². The summed E-state index contributed by atoms with van der Waals surface area (Å²) in [6.07, 6.45) is -5.24. The van der Waals surface area contributed by atoms with Crippen molar-refractivity contribution in [3.8, 4) is 0 Å². The molecule has 0 aromatic rings. The first kappa shape index (κ1) is 18.6. The first-order valence-corrected chi connectivity index (χ1v) is 4.55. The lowest BCUT2D eigenvalue weighted by Crippen LogP contribution is -2.63. The molecule has 0 aromatic heterocycles. The van der Waals surface area contributed by atoms with Crippen LogP contribution in [0, 0.1) is 0 Å². The SMILES string of the molecule is CC(=O)N[C@H]1C(O)O[C@H](CO)[C@@H](O)[C@@H]1O.O.O. The molecule has 5 atom stereocenters. The van der Waals surface area contributed by atoms with Gasteiger partial charge in [0.2, 0.25) is 5.91 Å². The molecule has 0 aromatic carbocycles. The largest absolute Gasteiger partial charge is 0.412 e. The molecular weight excluding hydrogens is 238 g/mol. The quantitative estimate of drug-likeness (QED) is 0.331. The normalized spacial score (nSPS) is 36.4. The Balaban J connectivity index is 0. The summed E-state index contributed by atoms with van der Waals surface area (Å²) < 4.78 is 4.81. The number of aliphatic hydroxyl groups is 4. The van der Waals surface area contributed by atoms with Crippen LogP contribution in [0.15, 0.2) is 0 Å². The van der Waals surface area contributed by atoms with E-state index in [2.05, 4.69) is 5.32 Å². The van der Waals surface area contributed by atoms with Gasteiger partial charge in [-0.05, 0) is 0 Å². The summed E-state index contributed by atoms with van der Waals surface area (Å²) >= 11 is 0. The number of ether oxygens (including phenoxy) is 1. The number of carbonyl (C=O) groups is 1. The fourth-order valence-corrected chi connectivity index (χ4v) is 1.49. The van der Waals surface area contributed by atoms with Crippen molar-refractivity contribution in [2.45, 2.75) is 37.6 Å². The van der Waals surface area contributed by atoms with E-state index in [0.29, 0.717) is 0 Å². The van der Waals surface area contributed by atoms with E-state index in [1.807, 2.05) is 0 Å². The first-order valence-electron chi connectivity index (χ1n) is 4.55. The molecular formula is C8H19NO8. The lowest BCUT2D eigenvalue weighted by molar-refractivity contribution is -0.253. The van der Waals surface area contributed by atoms with E-state index in [-0.39, 0.29) is 11.0 Å². The number of rotatable bonds is 2. The summed E-state index contributed by atoms with van der Waals surface area (Å²) in [5, 5.41) is 39.4. The molecule has 9 N–H and O–H groups in total. The zero-order valence-corrected chi connectivity index (χ0v) is 9.20. The van der Waals surface area contributed by atoms with Gasteiger partial charge in [-0.25, -0.2) is 0 Å². The average Bonchev–Trinajstić information content (AvgIpc) is 2.18. The van der Waals surface area contributed by atoms with Crippen LogP contribution in [-0.2, 0) is 9.53 Å². The number of hydrogen-bond donors (Lipinski definition) is 5. The molecule has 9 nitrogen and oxygen atoms in total. The average molecular weight is 257 g/mol. The monoisotopic (exact) mass is 257 g/mol. The van der Waals surface area contributed by atoms with Gasteiger partial charge in [0, 0.05) is 6.92 Å². The minimum Gasteiger partial charge on any atom is -0.412 e. The molecule has 104 valence electrons. The van der Waals surface area contributed by atoms with Crippen LogP contribution < -0.4 is 5.32 Å². The van der Waals surface area contributed by atoms with Crippen molar-refractivity contribution in [3.05, 3.63) is 0 Å². The molecule has 0 aliphatic carbocycles. The van der Waals surface area contributed by atoms with E-state index < -0.39 is 43.2 Å². The molecule has 0 bridgehead atoms. The van der Waals surface area contributed by atoms with Gasteiger partial charge in [0.1, 0.15) is 24.4 Å². The fraction of sp³-hybridized carbons (Fsp3) is 0.875. The van der Waals surface area contributed by atoms with Crippen LogP contribution >= 0.6 is 0 Å². The third-order valence-electron chi connectivity index (χ3n) is 2.27. The number of nitrogens with one attached hydrogen (secondary N) is 1. The van der Waals surface area contributed by atoms with E-state index in [4.69, 9.17) is 9.84 Å². The van der Waals surface area contributed by atoms with Gasteiger partial charge in [0.15, 0.2) is 6.29 Å². The minimum atomic E-state index is -1.45. The molecule has 1 aliphatic rings. The van der Waals surface area contributed by atoms with Gasteiger partial charge in [0.05, 0.1) is 6.61 Å². The molecule has 1 rings (SSSR count). The molecule has 0 saturated carbocycles. The van der Waals surface area contributed by atoms with Gasteiger partial charge in [-0.3, -0.25) is 4.79 Å². The Labute approximate surface area is 97.3 Å². The molecule has 0 spiro atoms. The topological polar surface area (TPSA) is 182 Å². The summed E-state index contributed by atoms with van der Waals surface area (Å²) in [4.78, 5) is 10.7. The van der Waals surface area contributed by atoms with Crippen molar-refractivity contribution in [1.29, 1.82) is 0 Å². The molecule has 1 aliphatic heterocycles. The smallest absolute Gasteiger partial charge is 0.217 e. The maximum Gasteiger partial charge on any atom is 0.217 e. The van der Waals surface area contributed by atoms with Crippen LogP contribution in [0.25, 0.3) is 0 Å². The van der Waals surface area contributed by atoms with Crippen molar-refractivity contribution in [3.63, 3.8) is 0 Å². The zero-order chi connectivity index (χ0) is 11.6. The molecule has 1 amide bonds. The Kier molecular flexibility index (Phi) is 8.19.